The van der Waals surface area contributed by atoms with E-state index in [0.29, 0.717) is 30.1 Å². The Morgan fingerprint density at radius 3 is 2.22 bits per heavy atom. The monoisotopic (exact) mass is 391 g/mol. The van der Waals surface area contributed by atoms with Crippen molar-refractivity contribution in [3.63, 3.8) is 0 Å². The summed E-state index contributed by atoms with van der Waals surface area (Å²) >= 11 is 1.34. The smallest absolute Gasteiger partial charge is 0.253 e. The zero-order valence-corrected chi connectivity index (χ0v) is 17.0. The van der Waals surface area contributed by atoms with Gasteiger partial charge >= 0.3 is 0 Å². The van der Waals surface area contributed by atoms with Crippen molar-refractivity contribution in [2.45, 2.75) is 33.1 Å². The highest BCUT2D eigenvalue weighted by Crippen LogP contribution is 2.14. The SMILES string of the molecule is CCN(CC)C(=O)c1ccc(NC(=O)CSCC(=O)N2CCCCC2)cc1. The van der Waals surface area contributed by atoms with Crippen LogP contribution in [0.2, 0.25) is 0 Å². The lowest BCUT2D eigenvalue weighted by atomic mass is 10.1. The lowest BCUT2D eigenvalue weighted by molar-refractivity contribution is -0.129. The minimum atomic E-state index is -0.144. The van der Waals surface area contributed by atoms with E-state index in [2.05, 4.69) is 5.32 Å². The third-order valence-electron chi connectivity index (χ3n) is 4.63. The Hall–Kier alpha value is -2.02. The van der Waals surface area contributed by atoms with Gasteiger partial charge < -0.3 is 15.1 Å². The molecule has 0 saturated carbocycles. The Morgan fingerprint density at radius 2 is 1.63 bits per heavy atom. The lowest BCUT2D eigenvalue weighted by Gasteiger charge is -2.26. The Morgan fingerprint density at radius 1 is 1.00 bits per heavy atom. The van der Waals surface area contributed by atoms with E-state index < -0.39 is 0 Å². The van der Waals surface area contributed by atoms with Gasteiger partial charge in [0.15, 0.2) is 0 Å². The third-order valence-corrected chi connectivity index (χ3v) is 5.55. The van der Waals surface area contributed by atoms with E-state index >= 15 is 0 Å². The molecule has 7 heteroatoms. The molecule has 0 atom stereocenters. The second-order valence-electron chi connectivity index (χ2n) is 6.54. The normalized spacial score (nSPS) is 13.9. The van der Waals surface area contributed by atoms with Crippen LogP contribution in [0.4, 0.5) is 5.69 Å². The summed E-state index contributed by atoms with van der Waals surface area (Å²) in [6.45, 7) is 6.91. The molecular weight excluding hydrogens is 362 g/mol. The van der Waals surface area contributed by atoms with Crippen LogP contribution in [-0.2, 0) is 9.59 Å². The number of likely N-dealkylation sites (tertiary alicyclic amines) is 1. The molecule has 27 heavy (non-hydrogen) atoms. The van der Waals surface area contributed by atoms with Crippen molar-refractivity contribution in [3.8, 4) is 0 Å². The fraction of sp³-hybridized carbons (Fsp3) is 0.550. The average molecular weight is 392 g/mol. The number of nitrogens with one attached hydrogen (secondary N) is 1. The van der Waals surface area contributed by atoms with E-state index in [-0.39, 0.29) is 23.5 Å². The second kappa shape index (κ2) is 11.0. The number of carbonyl (C=O) groups is 3. The first kappa shape index (κ1) is 21.3. The van der Waals surface area contributed by atoms with Crippen molar-refractivity contribution in [3.05, 3.63) is 29.8 Å². The van der Waals surface area contributed by atoms with Crippen LogP contribution in [0.3, 0.4) is 0 Å². The molecule has 2 rings (SSSR count). The fourth-order valence-corrected chi connectivity index (χ4v) is 3.77. The van der Waals surface area contributed by atoms with Crippen LogP contribution in [-0.4, -0.2) is 65.2 Å². The van der Waals surface area contributed by atoms with E-state index in [4.69, 9.17) is 0 Å². The van der Waals surface area contributed by atoms with Gasteiger partial charge in [0.1, 0.15) is 0 Å². The summed E-state index contributed by atoms with van der Waals surface area (Å²) in [4.78, 5) is 40.1. The average Bonchev–Trinajstić information content (AvgIpc) is 2.70. The number of hydrogen-bond acceptors (Lipinski definition) is 4. The number of piperidine rings is 1. The van der Waals surface area contributed by atoms with E-state index in [1.807, 2.05) is 18.7 Å². The number of amides is 3. The highest BCUT2D eigenvalue weighted by Gasteiger charge is 2.17. The summed E-state index contributed by atoms with van der Waals surface area (Å²) in [6, 6.07) is 6.92. The molecule has 1 aromatic carbocycles. The highest BCUT2D eigenvalue weighted by molar-refractivity contribution is 8.00. The third kappa shape index (κ3) is 6.57. The Balaban J connectivity index is 1.75. The maximum atomic E-state index is 12.3. The minimum absolute atomic E-state index is 0.00958. The molecule has 1 heterocycles. The van der Waals surface area contributed by atoms with Crippen LogP contribution in [0.15, 0.2) is 24.3 Å². The van der Waals surface area contributed by atoms with E-state index in [1.165, 1.54) is 18.2 Å². The van der Waals surface area contributed by atoms with Crippen molar-refractivity contribution in [1.29, 1.82) is 0 Å². The summed E-state index contributed by atoms with van der Waals surface area (Å²) in [5, 5.41) is 2.81. The van der Waals surface area contributed by atoms with Crippen LogP contribution >= 0.6 is 11.8 Å². The number of thioether (sulfide) groups is 1. The Labute approximate surface area is 165 Å². The summed E-state index contributed by atoms with van der Waals surface area (Å²) in [5.41, 5.74) is 1.26. The molecule has 0 bridgehead atoms. The van der Waals surface area contributed by atoms with Gasteiger partial charge in [-0.1, -0.05) is 0 Å². The molecule has 6 nitrogen and oxygen atoms in total. The predicted molar refractivity (Wildman–Crippen MR) is 110 cm³/mol. The van der Waals surface area contributed by atoms with Crippen molar-refractivity contribution in [2.24, 2.45) is 0 Å². The zero-order chi connectivity index (χ0) is 19.6. The first-order valence-corrected chi connectivity index (χ1v) is 10.7. The molecule has 1 N–H and O–H groups in total. The van der Waals surface area contributed by atoms with Gasteiger partial charge in [0.2, 0.25) is 11.8 Å². The Kier molecular flexibility index (Phi) is 8.64. The van der Waals surface area contributed by atoms with Crippen LogP contribution in [0.25, 0.3) is 0 Å². The van der Waals surface area contributed by atoms with E-state index in [0.717, 1.165) is 25.9 Å². The molecule has 1 fully saturated rings. The first-order chi connectivity index (χ1) is 13.0. The van der Waals surface area contributed by atoms with Gasteiger partial charge in [-0.3, -0.25) is 14.4 Å². The number of nitrogens with zero attached hydrogens (tertiary/aromatic N) is 2. The van der Waals surface area contributed by atoms with Gasteiger partial charge in [0.05, 0.1) is 11.5 Å². The Bertz CT molecular complexity index is 638. The molecule has 1 aromatic rings. The standard InChI is InChI=1S/C20H29N3O3S/c1-3-22(4-2)20(26)16-8-10-17(11-9-16)21-18(24)14-27-15-19(25)23-12-6-5-7-13-23/h8-11H,3-7,12-15H2,1-2H3,(H,21,24). The maximum absolute atomic E-state index is 12.3. The van der Waals surface area contributed by atoms with Gasteiger partial charge in [0, 0.05) is 37.4 Å². The van der Waals surface area contributed by atoms with Gasteiger partial charge in [0.25, 0.3) is 5.91 Å². The number of rotatable bonds is 8. The van der Waals surface area contributed by atoms with Gasteiger partial charge in [-0.05, 0) is 57.4 Å². The van der Waals surface area contributed by atoms with Crippen molar-refractivity contribution < 1.29 is 14.4 Å². The minimum Gasteiger partial charge on any atom is -0.342 e. The quantitative estimate of drug-likeness (QED) is 0.740. The zero-order valence-electron chi connectivity index (χ0n) is 16.2. The summed E-state index contributed by atoms with van der Waals surface area (Å²) in [7, 11) is 0. The van der Waals surface area contributed by atoms with Gasteiger partial charge in [-0.15, -0.1) is 11.8 Å². The number of carbonyl (C=O) groups excluding carboxylic acids is 3. The van der Waals surface area contributed by atoms with Crippen molar-refractivity contribution >= 4 is 35.2 Å². The molecule has 0 aliphatic carbocycles. The molecule has 0 unspecified atom stereocenters. The van der Waals surface area contributed by atoms with E-state index in [1.54, 1.807) is 29.2 Å². The molecule has 3 amide bonds. The predicted octanol–water partition coefficient (Wildman–Crippen LogP) is 2.85. The molecule has 0 spiro atoms. The van der Waals surface area contributed by atoms with Crippen LogP contribution in [0.1, 0.15) is 43.5 Å². The van der Waals surface area contributed by atoms with Crippen LogP contribution in [0, 0.1) is 0 Å². The molecule has 1 saturated heterocycles. The molecule has 1 aliphatic rings. The van der Waals surface area contributed by atoms with Crippen molar-refractivity contribution in [1.82, 2.24) is 9.80 Å². The summed E-state index contributed by atoms with van der Waals surface area (Å²) in [5.74, 6) is 0.537. The topological polar surface area (TPSA) is 69.7 Å². The largest absolute Gasteiger partial charge is 0.342 e. The number of hydrogen-bond donors (Lipinski definition) is 1. The van der Waals surface area contributed by atoms with Crippen LogP contribution in [0.5, 0.6) is 0 Å². The van der Waals surface area contributed by atoms with Crippen LogP contribution < -0.4 is 5.32 Å². The fourth-order valence-electron chi connectivity index (χ4n) is 3.05. The number of benzene rings is 1. The van der Waals surface area contributed by atoms with Gasteiger partial charge in [-0.25, -0.2) is 0 Å². The molecule has 0 aromatic heterocycles. The first-order valence-electron chi connectivity index (χ1n) is 9.59. The van der Waals surface area contributed by atoms with E-state index in [9.17, 15) is 14.4 Å². The highest BCUT2D eigenvalue weighted by atomic mass is 32.2. The maximum Gasteiger partial charge on any atom is 0.253 e. The van der Waals surface area contributed by atoms with Gasteiger partial charge in [-0.2, -0.15) is 0 Å². The lowest BCUT2D eigenvalue weighted by Crippen LogP contribution is -2.37. The molecular formula is C20H29N3O3S. The molecule has 1 aliphatic heterocycles. The summed E-state index contributed by atoms with van der Waals surface area (Å²) in [6.07, 6.45) is 3.34. The number of anilines is 1. The summed E-state index contributed by atoms with van der Waals surface area (Å²) < 4.78 is 0. The van der Waals surface area contributed by atoms with Crippen molar-refractivity contribution in [2.75, 3.05) is 43.0 Å². The molecule has 0 radical (unpaired) electrons. The second-order valence-corrected chi connectivity index (χ2v) is 7.52. The molecule has 148 valence electrons.